The smallest absolute Gasteiger partial charge is 0.243 e. The van der Waals surface area contributed by atoms with Crippen LogP contribution in [0.5, 0.6) is 0 Å². The Morgan fingerprint density at radius 2 is 1.67 bits per heavy atom. The van der Waals surface area contributed by atoms with Crippen molar-refractivity contribution in [2.24, 2.45) is 0 Å². The molecule has 2 aromatic rings. The quantitative estimate of drug-likeness (QED) is 0.737. The van der Waals surface area contributed by atoms with Gasteiger partial charge in [0.15, 0.2) is 5.78 Å². The minimum atomic E-state index is -0.190. The molecule has 0 aromatic heterocycles. The molecular formula is C21H25N3O3. The number of nitrogens with zero attached hydrogens (tertiary/aromatic N) is 1. The van der Waals surface area contributed by atoms with Gasteiger partial charge < -0.3 is 15.4 Å². The Morgan fingerprint density at radius 3 is 2.41 bits per heavy atom. The van der Waals surface area contributed by atoms with E-state index in [2.05, 4.69) is 21.6 Å². The first kappa shape index (κ1) is 19.1. The summed E-state index contributed by atoms with van der Waals surface area (Å²) in [6.07, 6.45) is 0. The third-order valence-corrected chi connectivity index (χ3v) is 4.53. The Kier molecular flexibility index (Phi) is 6.57. The van der Waals surface area contributed by atoms with Crippen LogP contribution in [0.4, 0.5) is 11.4 Å². The van der Waals surface area contributed by atoms with Crippen molar-refractivity contribution in [1.29, 1.82) is 0 Å². The van der Waals surface area contributed by atoms with E-state index in [1.54, 1.807) is 24.3 Å². The lowest BCUT2D eigenvalue weighted by molar-refractivity contribution is -0.114. The number of amides is 1. The second-order valence-electron chi connectivity index (χ2n) is 6.55. The summed E-state index contributed by atoms with van der Waals surface area (Å²) in [5.41, 5.74) is 3.15. The monoisotopic (exact) mass is 367 g/mol. The number of Topliss-reactive ketones (excluding diaryl/α,β-unsaturated/α-hetero) is 1. The van der Waals surface area contributed by atoms with Crippen molar-refractivity contribution >= 4 is 23.1 Å². The minimum absolute atomic E-state index is 0.0743. The Labute approximate surface area is 159 Å². The fourth-order valence-electron chi connectivity index (χ4n) is 3.10. The molecule has 1 aliphatic heterocycles. The molecule has 0 unspecified atom stereocenters. The standard InChI is InChI=1S/C21H25N3O3/c1-16(25)18-7-3-5-9-20(18)23-21(26)14-22-19-8-4-2-6-17(19)15-24-10-12-27-13-11-24/h2-9,22H,10-15H2,1H3,(H,23,26). The van der Waals surface area contributed by atoms with E-state index in [1.165, 1.54) is 6.92 Å². The molecule has 142 valence electrons. The molecule has 2 aromatic carbocycles. The second-order valence-corrected chi connectivity index (χ2v) is 6.55. The molecule has 1 saturated heterocycles. The Morgan fingerprint density at radius 1 is 1.00 bits per heavy atom. The molecule has 6 heteroatoms. The first-order valence-electron chi connectivity index (χ1n) is 9.15. The number of hydrogen-bond donors (Lipinski definition) is 2. The third-order valence-electron chi connectivity index (χ3n) is 4.53. The Bertz CT molecular complexity index is 801. The van der Waals surface area contributed by atoms with Crippen molar-refractivity contribution in [2.75, 3.05) is 43.5 Å². The number of carbonyl (C=O) groups is 2. The van der Waals surface area contributed by atoms with E-state index in [1.807, 2.05) is 18.2 Å². The molecule has 0 radical (unpaired) electrons. The molecule has 27 heavy (non-hydrogen) atoms. The molecule has 3 rings (SSSR count). The Balaban J connectivity index is 1.60. The van der Waals surface area contributed by atoms with Crippen LogP contribution in [0.15, 0.2) is 48.5 Å². The van der Waals surface area contributed by atoms with Gasteiger partial charge in [-0.15, -0.1) is 0 Å². The zero-order chi connectivity index (χ0) is 19.1. The molecule has 1 aliphatic rings. The number of morpholine rings is 1. The molecule has 1 heterocycles. The summed E-state index contributed by atoms with van der Waals surface area (Å²) in [5, 5.41) is 6.03. The van der Waals surface area contributed by atoms with Gasteiger partial charge in [0.05, 0.1) is 25.4 Å². The summed E-state index contributed by atoms with van der Waals surface area (Å²) in [4.78, 5) is 26.4. The molecule has 6 nitrogen and oxygen atoms in total. The van der Waals surface area contributed by atoms with Crippen LogP contribution in [0.3, 0.4) is 0 Å². The number of ether oxygens (including phenoxy) is 1. The number of benzene rings is 2. The van der Waals surface area contributed by atoms with Gasteiger partial charge in [0.1, 0.15) is 0 Å². The molecule has 0 spiro atoms. The van der Waals surface area contributed by atoms with Crippen molar-refractivity contribution in [3.63, 3.8) is 0 Å². The van der Waals surface area contributed by atoms with E-state index < -0.39 is 0 Å². The van der Waals surface area contributed by atoms with Crippen LogP contribution >= 0.6 is 0 Å². The van der Waals surface area contributed by atoms with E-state index in [0.717, 1.165) is 44.1 Å². The summed E-state index contributed by atoms with van der Waals surface area (Å²) in [7, 11) is 0. The van der Waals surface area contributed by atoms with Gasteiger partial charge >= 0.3 is 0 Å². The number of rotatable bonds is 7. The van der Waals surface area contributed by atoms with Crippen molar-refractivity contribution in [3.8, 4) is 0 Å². The first-order valence-corrected chi connectivity index (χ1v) is 9.15. The van der Waals surface area contributed by atoms with Crippen LogP contribution in [0, 0.1) is 0 Å². The van der Waals surface area contributed by atoms with Gasteiger partial charge in [-0.2, -0.15) is 0 Å². The fraction of sp³-hybridized carbons (Fsp3) is 0.333. The van der Waals surface area contributed by atoms with Crippen LogP contribution in [0.25, 0.3) is 0 Å². The van der Waals surface area contributed by atoms with Gasteiger partial charge in [0.2, 0.25) is 5.91 Å². The number of ketones is 1. The van der Waals surface area contributed by atoms with E-state index in [4.69, 9.17) is 4.74 Å². The van der Waals surface area contributed by atoms with Crippen LogP contribution in [-0.4, -0.2) is 49.4 Å². The van der Waals surface area contributed by atoms with Crippen LogP contribution in [-0.2, 0) is 16.1 Å². The molecule has 0 atom stereocenters. The highest BCUT2D eigenvalue weighted by atomic mass is 16.5. The topological polar surface area (TPSA) is 70.7 Å². The first-order chi connectivity index (χ1) is 13.1. The lowest BCUT2D eigenvalue weighted by Crippen LogP contribution is -2.35. The highest BCUT2D eigenvalue weighted by Gasteiger charge is 2.14. The maximum Gasteiger partial charge on any atom is 0.243 e. The average Bonchev–Trinajstić information content (AvgIpc) is 2.68. The normalized spacial score (nSPS) is 14.6. The maximum absolute atomic E-state index is 12.4. The molecular weight excluding hydrogens is 342 g/mol. The van der Waals surface area contributed by atoms with Crippen molar-refractivity contribution < 1.29 is 14.3 Å². The second kappa shape index (κ2) is 9.30. The van der Waals surface area contributed by atoms with Crippen LogP contribution < -0.4 is 10.6 Å². The van der Waals surface area contributed by atoms with Gasteiger partial charge in [-0.25, -0.2) is 0 Å². The highest BCUT2D eigenvalue weighted by molar-refractivity contribution is 6.04. The van der Waals surface area contributed by atoms with E-state index in [9.17, 15) is 9.59 Å². The number of anilines is 2. The number of hydrogen-bond acceptors (Lipinski definition) is 5. The number of carbonyl (C=O) groups excluding carboxylic acids is 2. The molecule has 0 bridgehead atoms. The van der Waals surface area contributed by atoms with E-state index >= 15 is 0 Å². The predicted octanol–water partition coefficient (Wildman–Crippen LogP) is 2.77. The zero-order valence-corrected chi connectivity index (χ0v) is 15.5. The summed E-state index contributed by atoms with van der Waals surface area (Å²) < 4.78 is 5.40. The van der Waals surface area contributed by atoms with E-state index in [0.29, 0.717) is 11.3 Å². The van der Waals surface area contributed by atoms with Gasteiger partial charge in [-0.3, -0.25) is 14.5 Å². The van der Waals surface area contributed by atoms with Gasteiger partial charge in [0, 0.05) is 30.9 Å². The lowest BCUT2D eigenvalue weighted by atomic mass is 10.1. The summed E-state index contributed by atoms with van der Waals surface area (Å²) in [6.45, 7) is 5.78. The molecule has 0 saturated carbocycles. The third kappa shape index (κ3) is 5.39. The molecule has 1 amide bonds. The average molecular weight is 367 g/mol. The van der Waals surface area contributed by atoms with E-state index in [-0.39, 0.29) is 18.2 Å². The SMILES string of the molecule is CC(=O)c1ccccc1NC(=O)CNc1ccccc1CN1CCOCC1. The van der Waals surface area contributed by atoms with Gasteiger partial charge in [0.25, 0.3) is 0 Å². The van der Waals surface area contributed by atoms with Gasteiger partial charge in [-0.05, 0) is 30.7 Å². The largest absolute Gasteiger partial charge is 0.379 e. The lowest BCUT2D eigenvalue weighted by Gasteiger charge is -2.27. The minimum Gasteiger partial charge on any atom is -0.379 e. The Hall–Kier alpha value is -2.70. The highest BCUT2D eigenvalue weighted by Crippen LogP contribution is 2.18. The van der Waals surface area contributed by atoms with Crippen LogP contribution in [0.1, 0.15) is 22.8 Å². The summed E-state index contributed by atoms with van der Waals surface area (Å²) >= 11 is 0. The number of para-hydroxylation sites is 2. The van der Waals surface area contributed by atoms with Crippen molar-refractivity contribution in [2.45, 2.75) is 13.5 Å². The fourth-order valence-corrected chi connectivity index (χ4v) is 3.10. The zero-order valence-electron chi connectivity index (χ0n) is 15.5. The summed E-state index contributed by atoms with van der Waals surface area (Å²) in [6, 6.07) is 15.0. The van der Waals surface area contributed by atoms with Crippen molar-refractivity contribution in [1.82, 2.24) is 4.90 Å². The van der Waals surface area contributed by atoms with Crippen LogP contribution in [0.2, 0.25) is 0 Å². The summed E-state index contributed by atoms with van der Waals surface area (Å²) in [5.74, 6) is -0.264. The number of nitrogens with one attached hydrogen (secondary N) is 2. The van der Waals surface area contributed by atoms with Gasteiger partial charge in [-0.1, -0.05) is 30.3 Å². The van der Waals surface area contributed by atoms with Crippen molar-refractivity contribution in [3.05, 3.63) is 59.7 Å². The molecule has 2 N–H and O–H groups in total. The molecule has 1 fully saturated rings. The molecule has 0 aliphatic carbocycles. The maximum atomic E-state index is 12.4. The predicted molar refractivity (Wildman–Crippen MR) is 106 cm³/mol.